The van der Waals surface area contributed by atoms with Gasteiger partial charge in [-0.05, 0) is 6.07 Å². The quantitative estimate of drug-likeness (QED) is 0.792. The van der Waals surface area contributed by atoms with Crippen LogP contribution in [0.1, 0.15) is 33.1 Å². The highest BCUT2D eigenvalue weighted by atomic mass is 15.2. The molecule has 0 amide bonds. The van der Waals surface area contributed by atoms with Gasteiger partial charge in [-0.1, -0.05) is 33.1 Å². The van der Waals surface area contributed by atoms with Crippen molar-refractivity contribution in [1.29, 1.82) is 0 Å². The second kappa shape index (κ2) is 6.84. The van der Waals surface area contributed by atoms with E-state index in [9.17, 15) is 0 Å². The Bertz CT molecular complexity index is 651. The molecule has 5 nitrogen and oxygen atoms in total. The van der Waals surface area contributed by atoms with Crippen molar-refractivity contribution in [2.24, 2.45) is 7.05 Å². The molecule has 1 N–H and O–H groups in total. The molecule has 0 atom stereocenters. The summed E-state index contributed by atoms with van der Waals surface area (Å²) in [7, 11) is 1.89. The predicted molar refractivity (Wildman–Crippen MR) is 81.3 cm³/mol. The van der Waals surface area contributed by atoms with Gasteiger partial charge in [-0.15, -0.1) is 0 Å². The van der Waals surface area contributed by atoms with Crippen molar-refractivity contribution in [3.8, 4) is 11.3 Å². The number of nitrogens with zero attached hydrogens (tertiary/aromatic N) is 4. The van der Waals surface area contributed by atoms with Gasteiger partial charge in [0, 0.05) is 30.4 Å². The summed E-state index contributed by atoms with van der Waals surface area (Å²) in [4.78, 5) is 11.5. The number of nitrogens with one attached hydrogen (secondary N) is 1. The highest BCUT2D eigenvalue weighted by Crippen LogP contribution is 2.23. The molecule has 0 aliphatic carbocycles. The van der Waals surface area contributed by atoms with Crippen LogP contribution in [0.5, 0.6) is 0 Å². The zero-order valence-corrected chi connectivity index (χ0v) is 12.3. The van der Waals surface area contributed by atoms with Gasteiger partial charge in [-0.2, -0.15) is 5.10 Å². The molecule has 0 aliphatic rings. The lowest BCUT2D eigenvalue weighted by molar-refractivity contribution is 0.768. The van der Waals surface area contributed by atoms with Gasteiger partial charge in [0.25, 0.3) is 0 Å². The molecule has 3 heterocycles. The van der Waals surface area contributed by atoms with E-state index in [0.717, 1.165) is 22.3 Å². The van der Waals surface area contributed by atoms with Gasteiger partial charge in [-0.25, -0.2) is 9.97 Å². The molecule has 0 radical (unpaired) electrons. The molecule has 3 aromatic heterocycles. The monoisotopic (exact) mass is 271 g/mol. The molecule has 0 aliphatic heterocycles. The molecule has 20 heavy (non-hydrogen) atoms. The fourth-order valence-electron chi connectivity index (χ4n) is 2.00. The van der Waals surface area contributed by atoms with Crippen LogP contribution in [0.4, 0.5) is 0 Å². The lowest BCUT2D eigenvalue weighted by Crippen LogP contribution is -1.86. The first-order chi connectivity index (χ1) is 9.76. The lowest BCUT2D eigenvalue weighted by atomic mass is 10.2. The van der Waals surface area contributed by atoms with Crippen molar-refractivity contribution in [2.45, 2.75) is 33.1 Å². The average Bonchev–Trinajstić information content (AvgIpc) is 3.08. The third kappa shape index (κ3) is 3.23. The Balaban J connectivity index is 0.000000257. The fourth-order valence-corrected chi connectivity index (χ4v) is 2.00. The number of H-pyrrole nitrogens is 1. The first-order valence-electron chi connectivity index (χ1n) is 7.03. The summed E-state index contributed by atoms with van der Waals surface area (Å²) in [6.45, 7) is 4.42. The van der Waals surface area contributed by atoms with Crippen molar-refractivity contribution >= 4 is 11.0 Å². The Morgan fingerprint density at radius 2 is 2.00 bits per heavy atom. The predicted octanol–water partition coefficient (Wildman–Crippen LogP) is 3.55. The molecule has 0 unspecified atom stereocenters. The number of fused-ring (bicyclic) bond motifs is 1. The average molecular weight is 271 g/mol. The Labute approximate surface area is 119 Å². The minimum Gasteiger partial charge on any atom is -0.346 e. The molecular formula is C15H21N5. The fraction of sp³-hybridized carbons (Fsp3) is 0.400. The van der Waals surface area contributed by atoms with Gasteiger partial charge in [-0.3, -0.25) is 4.68 Å². The second-order valence-corrected chi connectivity index (χ2v) is 4.72. The van der Waals surface area contributed by atoms with Gasteiger partial charge in [0.05, 0.1) is 11.9 Å². The maximum atomic E-state index is 4.28. The number of aromatic nitrogens is 5. The molecule has 3 rings (SSSR count). The highest BCUT2D eigenvalue weighted by Gasteiger charge is 2.07. The normalized spacial score (nSPS) is 10.3. The Morgan fingerprint density at radius 3 is 2.60 bits per heavy atom. The second-order valence-electron chi connectivity index (χ2n) is 4.72. The first-order valence-corrected chi connectivity index (χ1v) is 7.03. The third-order valence-corrected chi connectivity index (χ3v) is 3.04. The van der Waals surface area contributed by atoms with Crippen LogP contribution in [0.2, 0.25) is 0 Å². The molecule has 0 fully saturated rings. The molecule has 0 spiro atoms. The molecule has 0 saturated heterocycles. The molecular weight excluding hydrogens is 250 g/mol. The van der Waals surface area contributed by atoms with Crippen LogP contribution in [0.15, 0.2) is 31.0 Å². The summed E-state index contributed by atoms with van der Waals surface area (Å²) in [6, 6.07) is 1.97. The van der Waals surface area contributed by atoms with Gasteiger partial charge in [0.1, 0.15) is 12.0 Å². The van der Waals surface area contributed by atoms with E-state index in [-0.39, 0.29) is 0 Å². The largest absolute Gasteiger partial charge is 0.346 e. The lowest BCUT2D eigenvalue weighted by Gasteiger charge is -1.96. The Morgan fingerprint density at radius 1 is 1.20 bits per heavy atom. The van der Waals surface area contributed by atoms with Crippen LogP contribution in [0.25, 0.3) is 22.3 Å². The molecule has 106 valence electrons. The van der Waals surface area contributed by atoms with Crippen LogP contribution < -0.4 is 0 Å². The van der Waals surface area contributed by atoms with Crippen molar-refractivity contribution in [3.63, 3.8) is 0 Å². The van der Waals surface area contributed by atoms with Crippen LogP contribution in [-0.2, 0) is 7.05 Å². The molecule has 0 aromatic carbocycles. The smallest absolute Gasteiger partial charge is 0.141 e. The van der Waals surface area contributed by atoms with Gasteiger partial charge in [0.15, 0.2) is 0 Å². The van der Waals surface area contributed by atoms with Crippen LogP contribution in [0.3, 0.4) is 0 Å². The summed E-state index contributed by atoms with van der Waals surface area (Å²) < 4.78 is 1.76. The van der Waals surface area contributed by atoms with E-state index in [2.05, 4.69) is 33.9 Å². The number of unbranched alkanes of at least 4 members (excludes halogenated alkanes) is 2. The first kappa shape index (κ1) is 14.2. The van der Waals surface area contributed by atoms with E-state index in [0.29, 0.717) is 0 Å². The van der Waals surface area contributed by atoms with E-state index in [4.69, 9.17) is 0 Å². The van der Waals surface area contributed by atoms with Crippen LogP contribution in [0, 0.1) is 0 Å². The number of hydrogen-bond donors (Lipinski definition) is 1. The van der Waals surface area contributed by atoms with Gasteiger partial charge < -0.3 is 4.98 Å². The topological polar surface area (TPSA) is 59.4 Å². The maximum absolute atomic E-state index is 4.28. The molecule has 3 aromatic rings. The zero-order chi connectivity index (χ0) is 14.4. The van der Waals surface area contributed by atoms with Crippen molar-refractivity contribution in [3.05, 3.63) is 31.0 Å². The van der Waals surface area contributed by atoms with Crippen LogP contribution >= 0.6 is 0 Å². The van der Waals surface area contributed by atoms with Gasteiger partial charge in [0.2, 0.25) is 0 Å². The number of rotatable bonds is 3. The third-order valence-electron chi connectivity index (χ3n) is 3.04. The van der Waals surface area contributed by atoms with E-state index < -0.39 is 0 Å². The molecule has 0 saturated carbocycles. The Kier molecular flexibility index (Phi) is 4.87. The molecule has 0 bridgehead atoms. The van der Waals surface area contributed by atoms with E-state index >= 15 is 0 Å². The van der Waals surface area contributed by atoms with Crippen molar-refractivity contribution in [1.82, 2.24) is 24.7 Å². The maximum Gasteiger partial charge on any atom is 0.141 e. The van der Waals surface area contributed by atoms with Crippen molar-refractivity contribution in [2.75, 3.05) is 0 Å². The van der Waals surface area contributed by atoms with E-state index in [1.165, 1.54) is 19.3 Å². The number of aryl methyl sites for hydroxylation is 1. The van der Waals surface area contributed by atoms with E-state index in [1.807, 2.05) is 25.5 Å². The van der Waals surface area contributed by atoms with Gasteiger partial charge >= 0.3 is 0 Å². The highest BCUT2D eigenvalue weighted by molar-refractivity contribution is 5.89. The summed E-state index contributed by atoms with van der Waals surface area (Å²) in [5.41, 5.74) is 2.77. The number of hydrogen-bond acceptors (Lipinski definition) is 3. The number of aromatic amines is 1. The summed E-state index contributed by atoms with van der Waals surface area (Å²) in [5.74, 6) is 0. The minimum atomic E-state index is 0.851. The van der Waals surface area contributed by atoms with E-state index in [1.54, 1.807) is 17.2 Å². The Hall–Kier alpha value is -2.17. The molecule has 5 heteroatoms. The SMILES string of the molecule is CCCCC.Cn1cc(-c2ncnc3[nH]ccc23)cn1. The van der Waals surface area contributed by atoms with Crippen molar-refractivity contribution < 1.29 is 0 Å². The summed E-state index contributed by atoms with van der Waals surface area (Å²) in [5, 5.41) is 5.15. The summed E-state index contributed by atoms with van der Waals surface area (Å²) in [6.07, 6.45) is 11.2. The van der Waals surface area contributed by atoms with Crippen LogP contribution in [-0.4, -0.2) is 24.7 Å². The zero-order valence-electron chi connectivity index (χ0n) is 12.3. The summed E-state index contributed by atoms with van der Waals surface area (Å²) >= 11 is 0. The standard InChI is InChI=1S/C10H9N5.C5H12/c1-15-5-7(4-14-15)9-8-2-3-11-10(8)13-6-12-9;1-3-5-4-2/h2-6H,1H3,(H,11,12,13);3-5H2,1-2H3. The minimum absolute atomic E-state index is 0.851.